The average Bonchev–Trinajstić information content (AvgIpc) is 2.98. The summed E-state index contributed by atoms with van der Waals surface area (Å²) < 4.78 is 5.56. The van der Waals surface area contributed by atoms with E-state index < -0.39 is 0 Å². The monoisotopic (exact) mass is 279 g/mol. The van der Waals surface area contributed by atoms with E-state index in [0.29, 0.717) is 5.41 Å². The fraction of sp³-hybridized carbons (Fsp3) is 1.00. The van der Waals surface area contributed by atoms with E-state index >= 15 is 0 Å². The van der Waals surface area contributed by atoms with Crippen LogP contribution in [0.3, 0.4) is 0 Å². The minimum Gasteiger partial charge on any atom is -0.381 e. The number of fused-ring (bicyclic) bond motifs is 2. The van der Waals surface area contributed by atoms with E-state index in [2.05, 4.69) is 26.1 Å². The van der Waals surface area contributed by atoms with E-state index in [1.54, 1.807) is 0 Å². The lowest BCUT2D eigenvalue weighted by atomic mass is 9.66. The maximum absolute atomic E-state index is 5.56. The molecule has 3 aliphatic rings. The summed E-state index contributed by atoms with van der Waals surface area (Å²) in [6.07, 6.45) is 10.1. The Kier molecular flexibility index (Phi) is 4.16. The molecule has 2 aliphatic carbocycles. The molecular weight excluding hydrogens is 246 g/mol. The summed E-state index contributed by atoms with van der Waals surface area (Å²) in [6, 6.07) is 0. The van der Waals surface area contributed by atoms with Crippen molar-refractivity contribution in [3.05, 3.63) is 0 Å². The van der Waals surface area contributed by atoms with Gasteiger partial charge in [0.2, 0.25) is 0 Å². The Morgan fingerprint density at radius 1 is 1.10 bits per heavy atom. The zero-order chi connectivity index (χ0) is 14.2. The SMILES string of the molecule is CC(C)(C)NCC1(CC2CCOCC2)CC2CCC1C2. The number of hydrogen-bond donors (Lipinski definition) is 1. The second-order valence-corrected chi connectivity index (χ2v) is 8.81. The molecule has 0 radical (unpaired) electrons. The second-order valence-electron chi connectivity index (χ2n) is 8.81. The summed E-state index contributed by atoms with van der Waals surface area (Å²) in [5, 5.41) is 3.85. The van der Waals surface area contributed by atoms with Gasteiger partial charge in [-0.3, -0.25) is 0 Å². The Balaban J connectivity index is 1.67. The molecule has 0 aromatic rings. The predicted octanol–water partition coefficient (Wildman–Crippen LogP) is 4.00. The van der Waals surface area contributed by atoms with Crippen molar-refractivity contribution < 1.29 is 4.74 Å². The van der Waals surface area contributed by atoms with Crippen molar-refractivity contribution in [1.29, 1.82) is 0 Å². The van der Waals surface area contributed by atoms with Crippen molar-refractivity contribution in [2.75, 3.05) is 19.8 Å². The first-order chi connectivity index (χ1) is 9.47. The van der Waals surface area contributed by atoms with Crippen LogP contribution in [0.1, 0.15) is 65.7 Å². The molecule has 3 unspecified atom stereocenters. The molecule has 0 amide bonds. The van der Waals surface area contributed by atoms with Crippen molar-refractivity contribution in [3.8, 4) is 0 Å². The molecule has 20 heavy (non-hydrogen) atoms. The third-order valence-electron chi connectivity index (χ3n) is 6.11. The topological polar surface area (TPSA) is 21.3 Å². The fourth-order valence-corrected chi connectivity index (χ4v) is 5.06. The lowest BCUT2D eigenvalue weighted by Crippen LogP contribution is -2.47. The highest BCUT2D eigenvalue weighted by Crippen LogP contribution is 2.58. The molecule has 0 aromatic carbocycles. The van der Waals surface area contributed by atoms with Crippen molar-refractivity contribution >= 4 is 0 Å². The molecule has 0 spiro atoms. The van der Waals surface area contributed by atoms with Crippen LogP contribution in [0, 0.1) is 23.2 Å². The normalized spacial score (nSPS) is 38.5. The minimum absolute atomic E-state index is 0.254. The van der Waals surface area contributed by atoms with Crippen LogP contribution in [0.15, 0.2) is 0 Å². The molecular formula is C18H33NO. The summed E-state index contributed by atoms with van der Waals surface area (Å²) in [6.45, 7) is 10.2. The summed E-state index contributed by atoms with van der Waals surface area (Å²) in [5.41, 5.74) is 0.864. The van der Waals surface area contributed by atoms with Gasteiger partial charge in [-0.15, -0.1) is 0 Å². The maximum Gasteiger partial charge on any atom is 0.0468 e. The number of nitrogens with one attached hydrogen (secondary N) is 1. The fourth-order valence-electron chi connectivity index (χ4n) is 5.06. The lowest BCUT2D eigenvalue weighted by molar-refractivity contribution is 0.0298. The van der Waals surface area contributed by atoms with E-state index in [1.807, 2.05) is 0 Å². The lowest BCUT2D eigenvalue weighted by Gasteiger charge is -2.43. The Bertz CT molecular complexity index is 329. The second kappa shape index (κ2) is 5.61. The summed E-state index contributed by atoms with van der Waals surface area (Å²) in [4.78, 5) is 0. The van der Waals surface area contributed by atoms with Crippen LogP contribution in [0.5, 0.6) is 0 Å². The first-order valence-electron chi connectivity index (χ1n) is 8.80. The highest BCUT2D eigenvalue weighted by Gasteiger charge is 2.51. The van der Waals surface area contributed by atoms with Crippen LogP contribution < -0.4 is 5.32 Å². The Hall–Kier alpha value is -0.0800. The number of rotatable bonds is 4. The average molecular weight is 279 g/mol. The van der Waals surface area contributed by atoms with Gasteiger partial charge in [-0.2, -0.15) is 0 Å². The highest BCUT2D eigenvalue weighted by molar-refractivity contribution is 5.03. The van der Waals surface area contributed by atoms with Gasteiger partial charge in [-0.05, 0) is 82.5 Å². The van der Waals surface area contributed by atoms with Gasteiger partial charge < -0.3 is 10.1 Å². The number of hydrogen-bond acceptors (Lipinski definition) is 2. The predicted molar refractivity (Wildman–Crippen MR) is 83.8 cm³/mol. The molecule has 2 heteroatoms. The van der Waals surface area contributed by atoms with Crippen LogP contribution in [0.4, 0.5) is 0 Å². The van der Waals surface area contributed by atoms with E-state index in [-0.39, 0.29) is 5.54 Å². The van der Waals surface area contributed by atoms with Gasteiger partial charge >= 0.3 is 0 Å². The highest BCUT2D eigenvalue weighted by atomic mass is 16.5. The molecule has 3 atom stereocenters. The number of ether oxygens (including phenoxy) is 1. The van der Waals surface area contributed by atoms with E-state index in [4.69, 9.17) is 4.74 Å². The van der Waals surface area contributed by atoms with Crippen LogP contribution in [0.25, 0.3) is 0 Å². The summed E-state index contributed by atoms with van der Waals surface area (Å²) in [7, 11) is 0. The molecule has 3 rings (SSSR count). The molecule has 2 nitrogen and oxygen atoms in total. The molecule has 0 aromatic heterocycles. The molecule has 2 saturated carbocycles. The van der Waals surface area contributed by atoms with E-state index in [9.17, 15) is 0 Å². The summed E-state index contributed by atoms with van der Waals surface area (Å²) >= 11 is 0. The standard InChI is InChI=1S/C18H33NO/c1-17(2,3)19-13-18(11-14-6-8-20-9-7-14)12-15-4-5-16(18)10-15/h14-16,19H,4-13H2,1-3H3. The first kappa shape index (κ1) is 14.8. The molecule has 116 valence electrons. The van der Waals surface area contributed by atoms with E-state index in [0.717, 1.165) is 31.0 Å². The van der Waals surface area contributed by atoms with Gasteiger partial charge in [0.25, 0.3) is 0 Å². The third kappa shape index (κ3) is 3.22. The zero-order valence-electron chi connectivity index (χ0n) is 13.7. The molecule has 1 heterocycles. The Labute approximate surface area is 125 Å². The first-order valence-corrected chi connectivity index (χ1v) is 8.80. The minimum atomic E-state index is 0.254. The maximum atomic E-state index is 5.56. The van der Waals surface area contributed by atoms with Gasteiger partial charge in [0.05, 0.1) is 0 Å². The van der Waals surface area contributed by atoms with Crippen molar-refractivity contribution in [2.24, 2.45) is 23.2 Å². The molecule has 1 saturated heterocycles. The quantitative estimate of drug-likeness (QED) is 0.840. The van der Waals surface area contributed by atoms with Crippen LogP contribution in [-0.2, 0) is 4.74 Å². The van der Waals surface area contributed by atoms with Crippen LogP contribution in [0.2, 0.25) is 0 Å². The van der Waals surface area contributed by atoms with Gasteiger partial charge in [0.15, 0.2) is 0 Å². The van der Waals surface area contributed by atoms with Crippen molar-refractivity contribution in [1.82, 2.24) is 5.32 Å². The van der Waals surface area contributed by atoms with Crippen LogP contribution in [-0.4, -0.2) is 25.3 Å². The smallest absolute Gasteiger partial charge is 0.0468 e. The molecule has 1 aliphatic heterocycles. The Morgan fingerprint density at radius 3 is 2.40 bits per heavy atom. The van der Waals surface area contributed by atoms with Gasteiger partial charge in [-0.1, -0.05) is 6.42 Å². The molecule has 1 N–H and O–H groups in total. The van der Waals surface area contributed by atoms with Crippen LogP contribution >= 0.6 is 0 Å². The largest absolute Gasteiger partial charge is 0.381 e. The molecule has 2 bridgehead atoms. The Morgan fingerprint density at radius 2 is 1.85 bits per heavy atom. The molecule has 3 fully saturated rings. The van der Waals surface area contributed by atoms with E-state index in [1.165, 1.54) is 51.5 Å². The van der Waals surface area contributed by atoms with Crippen molar-refractivity contribution in [3.63, 3.8) is 0 Å². The third-order valence-corrected chi connectivity index (χ3v) is 6.11. The summed E-state index contributed by atoms with van der Waals surface area (Å²) in [5.74, 6) is 2.97. The van der Waals surface area contributed by atoms with Gasteiger partial charge in [-0.25, -0.2) is 0 Å². The van der Waals surface area contributed by atoms with Crippen molar-refractivity contribution in [2.45, 2.75) is 71.3 Å². The van der Waals surface area contributed by atoms with Gasteiger partial charge in [0, 0.05) is 25.3 Å². The zero-order valence-corrected chi connectivity index (χ0v) is 13.7. The van der Waals surface area contributed by atoms with Gasteiger partial charge in [0.1, 0.15) is 0 Å².